The summed E-state index contributed by atoms with van der Waals surface area (Å²) in [7, 11) is 0. The maximum atomic E-state index is 12.8. The molecule has 0 spiro atoms. The monoisotopic (exact) mass is 474 g/mol. The molecule has 2 aromatic carbocycles. The molecular weight excluding hydrogens is 430 g/mol. The molecule has 0 aromatic heterocycles. The molecule has 2 aromatic rings. The van der Waals surface area contributed by atoms with Crippen molar-refractivity contribution in [2.75, 3.05) is 6.61 Å². The fraction of sp³-hybridized carbons (Fsp3) is 0.567. The van der Waals surface area contributed by atoms with Gasteiger partial charge in [0.15, 0.2) is 0 Å². The van der Waals surface area contributed by atoms with E-state index in [-0.39, 0.29) is 29.4 Å². The SMILES string of the molecule is CC(C)c1ccc(F)cc1.CC(C)c1ccccc1F.CCOC(=O)C1CCC(C(C)C)CC1. The number of rotatable bonds is 5. The molecule has 0 amide bonds. The van der Waals surface area contributed by atoms with Gasteiger partial charge >= 0.3 is 5.97 Å². The molecule has 4 heteroatoms. The zero-order valence-corrected chi connectivity index (χ0v) is 22.1. The Kier molecular flexibility index (Phi) is 13.7. The third kappa shape index (κ3) is 10.8. The number of carbonyl (C=O) groups excluding carboxylic acids is 1. The van der Waals surface area contributed by atoms with Crippen LogP contribution in [0.1, 0.15) is 97.1 Å². The molecule has 1 aliphatic rings. The molecule has 0 heterocycles. The summed E-state index contributed by atoms with van der Waals surface area (Å²) in [5, 5.41) is 0. The van der Waals surface area contributed by atoms with Crippen molar-refractivity contribution in [2.45, 2.75) is 86.0 Å². The molecule has 190 valence electrons. The first-order valence-electron chi connectivity index (χ1n) is 12.7. The molecule has 1 saturated carbocycles. The zero-order chi connectivity index (χ0) is 25.7. The Morgan fingerprint density at radius 3 is 1.82 bits per heavy atom. The van der Waals surface area contributed by atoms with E-state index in [0.29, 0.717) is 12.5 Å². The summed E-state index contributed by atoms with van der Waals surface area (Å²) in [6, 6.07) is 13.5. The summed E-state index contributed by atoms with van der Waals surface area (Å²) in [6.45, 7) is 15.1. The van der Waals surface area contributed by atoms with Crippen LogP contribution < -0.4 is 0 Å². The molecule has 1 aliphatic carbocycles. The summed E-state index contributed by atoms with van der Waals surface area (Å²) in [5.41, 5.74) is 1.98. The van der Waals surface area contributed by atoms with Gasteiger partial charge in [-0.1, -0.05) is 71.9 Å². The Morgan fingerprint density at radius 2 is 1.41 bits per heavy atom. The number of hydrogen-bond acceptors (Lipinski definition) is 2. The number of carbonyl (C=O) groups is 1. The predicted molar refractivity (Wildman–Crippen MR) is 138 cm³/mol. The highest BCUT2D eigenvalue weighted by Crippen LogP contribution is 2.33. The fourth-order valence-electron chi connectivity index (χ4n) is 4.07. The molecule has 3 rings (SSSR count). The van der Waals surface area contributed by atoms with Crippen LogP contribution in [-0.2, 0) is 9.53 Å². The maximum Gasteiger partial charge on any atom is 0.308 e. The van der Waals surface area contributed by atoms with E-state index in [1.54, 1.807) is 6.07 Å². The standard InChI is InChI=1S/C12H22O2.2C9H11F/c1-4-14-12(13)11-7-5-10(6-8-11)9(2)3;1-7(2)8-3-5-9(10)6-4-8;1-7(2)8-5-3-4-6-9(8)10/h9-11H,4-8H2,1-3H3;2*3-7H,1-2H3. The molecular formula is C30H44F2O2. The maximum absolute atomic E-state index is 12.8. The topological polar surface area (TPSA) is 26.3 Å². The van der Waals surface area contributed by atoms with Gasteiger partial charge in [-0.3, -0.25) is 4.79 Å². The van der Waals surface area contributed by atoms with E-state index in [4.69, 9.17) is 4.74 Å². The lowest BCUT2D eigenvalue weighted by molar-refractivity contribution is -0.149. The third-order valence-corrected chi connectivity index (χ3v) is 6.40. The molecule has 0 unspecified atom stereocenters. The minimum Gasteiger partial charge on any atom is -0.466 e. The van der Waals surface area contributed by atoms with Crippen LogP contribution in [0.4, 0.5) is 8.78 Å². The average Bonchev–Trinajstić information content (AvgIpc) is 2.80. The van der Waals surface area contributed by atoms with Crippen molar-refractivity contribution in [3.05, 3.63) is 71.3 Å². The normalized spacial score (nSPS) is 17.5. The van der Waals surface area contributed by atoms with E-state index in [9.17, 15) is 13.6 Å². The second-order valence-electron chi connectivity index (χ2n) is 9.99. The van der Waals surface area contributed by atoms with Crippen molar-refractivity contribution in [3.8, 4) is 0 Å². The number of esters is 1. The van der Waals surface area contributed by atoms with Gasteiger partial charge in [0, 0.05) is 0 Å². The first kappa shape index (κ1) is 29.8. The molecule has 0 N–H and O–H groups in total. The van der Waals surface area contributed by atoms with Crippen LogP contribution in [0.25, 0.3) is 0 Å². The summed E-state index contributed by atoms with van der Waals surface area (Å²) < 4.78 is 30.2. The number of hydrogen-bond donors (Lipinski definition) is 0. The highest BCUT2D eigenvalue weighted by molar-refractivity contribution is 5.72. The van der Waals surface area contributed by atoms with Crippen molar-refractivity contribution >= 4 is 5.97 Å². The fourth-order valence-corrected chi connectivity index (χ4v) is 4.07. The summed E-state index contributed by atoms with van der Waals surface area (Å²) in [4.78, 5) is 11.5. The Balaban J connectivity index is 0.000000261. The van der Waals surface area contributed by atoms with Gasteiger partial charge in [0.2, 0.25) is 0 Å². The summed E-state index contributed by atoms with van der Waals surface area (Å²) in [5.74, 6) is 2.29. The molecule has 34 heavy (non-hydrogen) atoms. The van der Waals surface area contributed by atoms with E-state index < -0.39 is 0 Å². The quantitative estimate of drug-likeness (QED) is 0.404. The van der Waals surface area contributed by atoms with E-state index in [1.807, 2.05) is 45.0 Å². The molecule has 0 aliphatic heterocycles. The predicted octanol–water partition coefficient (Wildman–Crippen LogP) is 8.91. The van der Waals surface area contributed by atoms with Crippen molar-refractivity contribution in [3.63, 3.8) is 0 Å². The highest BCUT2D eigenvalue weighted by atomic mass is 19.1. The second-order valence-corrected chi connectivity index (χ2v) is 9.99. The number of halogens is 2. The summed E-state index contributed by atoms with van der Waals surface area (Å²) >= 11 is 0. The van der Waals surface area contributed by atoms with Gasteiger partial charge < -0.3 is 4.74 Å². The first-order valence-corrected chi connectivity index (χ1v) is 12.7. The smallest absolute Gasteiger partial charge is 0.308 e. The summed E-state index contributed by atoms with van der Waals surface area (Å²) in [6.07, 6.45) is 4.45. The Labute approximate surface area is 206 Å². The lowest BCUT2D eigenvalue weighted by Gasteiger charge is -2.29. The van der Waals surface area contributed by atoms with Gasteiger partial charge in [0.1, 0.15) is 11.6 Å². The Bertz CT molecular complexity index is 820. The zero-order valence-electron chi connectivity index (χ0n) is 22.1. The molecule has 0 radical (unpaired) electrons. The number of benzene rings is 2. The lowest BCUT2D eigenvalue weighted by atomic mass is 9.77. The van der Waals surface area contributed by atoms with Gasteiger partial charge in [-0.15, -0.1) is 0 Å². The van der Waals surface area contributed by atoms with E-state index >= 15 is 0 Å². The minimum atomic E-state index is -0.163. The van der Waals surface area contributed by atoms with Crippen molar-refractivity contribution < 1.29 is 18.3 Å². The van der Waals surface area contributed by atoms with Crippen molar-refractivity contribution in [1.82, 2.24) is 0 Å². The van der Waals surface area contributed by atoms with E-state index in [0.717, 1.165) is 30.2 Å². The van der Waals surface area contributed by atoms with Crippen molar-refractivity contribution in [1.29, 1.82) is 0 Å². The van der Waals surface area contributed by atoms with Crippen LogP contribution in [-0.4, -0.2) is 12.6 Å². The highest BCUT2D eigenvalue weighted by Gasteiger charge is 2.28. The lowest BCUT2D eigenvalue weighted by Crippen LogP contribution is -2.25. The van der Waals surface area contributed by atoms with Crippen LogP contribution in [0.15, 0.2) is 48.5 Å². The van der Waals surface area contributed by atoms with Gasteiger partial charge in [0.25, 0.3) is 0 Å². The van der Waals surface area contributed by atoms with Crippen molar-refractivity contribution in [2.24, 2.45) is 17.8 Å². The van der Waals surface area contributed by atoms with Gasteiger partial charge in [0.05, 0.1) is 12.5 Å². The molecule has 0 bridgehead atoms. The van der Waals surface area contributed by atoms with Crippen LogP contribution in [0, 0.1) is 29.4 Å². The Hall–Kier alpha value is -2.23. The first-order chi connectivity index (χ1) is 16.1. The third-order valence-electron chi connectivity index (χ3n) is 6.40. The molecule has 2 nitrogen and oxygen atoms in total. The van der Waals surface area contributed by atoms with Gasteiger partial charge in [-0.2, -0.15) is 0 Å². The Morgan fingerprint density at radius 1 is 0.853 bits per heavy atom. The average molecular weight is 475 g/mol. The van der Waals surface area contributed by atoms with Crippen LogP contribution in [0.5, 0.6) is 0 Å². The van der Waals surface area contributed by atoms with Gasteiger partial charge in [-0.05, 0) is 85.6 Å². The van der Waals surface area contributed by atoms with E-state index in [1.165, 1.54) is 36.6 Å². The molecule has 1 fully saturated rings. The van der Waals surface area contributed by atoms with Crippen LogP contribution in [0.3, 0.4) is 0 Å². The van der Waals surface area contributed by atoms with Crippen LogP contribution >= 0.6 is 0 Å². The molecule has 0 saturated heterocycles. The van der Waals surface area contributed by atoms with E-state index in [2.05, 4.69) is 27.7 Å². The minimum absolute atomic E-state index is 0.0229. The molecule has 0 atom stereocenters. The second kappa shape index (κ2) is 15.6. The van der Waals surface area contributed by atoms with Crippen LogP contribution in [0.2, 0.25) is 0 Å². The largest absolute Gasteiger partial charge is 0.466 e. The van der Waals surface area contributed by atoms with Gasteiger partial charge in [-0.25, -0.2) is 8.78 Å². The number of ether oxygens (including phenoxy) is 1.